The summed E-state index contributed by atoms with van der Waals surface area (Å²) >= 11 is 6.91. The quantitative estimate of drug-likeness (QED) is 0.674. The third-order valence-corrected chi connectivity index (χ3v) is 5.30. The first-order valence-corrected chi connectivity index (χ1v) is 9.27. The summed E-state index contributed by atoms with van der Waals surface area (Å²) in [5.74, 6) is 0. The minimum absolute atomic E-state index is 0.0490. The van der Waals surface area contributed by atoms with E-state index in [9.17, 15) is 8.42 Å². The molecule has 8 nitrogen and oxygen atoms in total. The summed E-state index contributed by atoms with van der Waals surface area (Å²) in [4.78, 5) is 8.10. The number of aliphatic hydroxyl groups is 1. The molecule has 0 bridgehead atoms. The lowest BCUT2D eigenvalue weighted by Gasteiger charge is -2.18. The van der Waals surface area contributed by atoms with E-state index in [1.165, 1.54) is 29.1 Å². The van der Waals surface area contributed by atoms with Gasteiger partial charge in [-0.15, -0.1) is 11.3 Å². The van der Waals surface area contributed by atoms with E-state index in [2.05, 4.69) is 9.97 Å². The topological polar surface area (TPSA) is 139 Å². The maximum Gasteiger partial charge on any atom is 0.316 e. The predicted octanol–water partition coefficient (Wildman–Crippen LogP) is 1.22. The molecule has 2 heterocycles. The molecule has 24 heavy (non-hydrogen) atoms. The van der Waals surface area contributed by atoms with Gasteiger partial charge in [0.1, 0.15) is 12.2 Å². The Morgan fingerprint density at radius 3 is 2.83 bits per heavy atom. The van der Waals surface area contributed by atoms with E-state index in [1.807, 2.05) is 0 Å². The van der Waals surface area contributed by atoms with Crippen LogP contribution in [0.5, 0.6) is 0 Å². The maximum atomic E-state index is 12.5. The molecule has 3 N–H and O–H groups in total. The van der Waals surface area contributed by atoms with Crippen LogP contribution in [0.25, 0.3) is 0 Å². The van der Waals surface area contributed by atoms with E-state index in [0.717, 1.165) is 6.20 Å². The molecule has 0 fully saturated rings. The molecule has 0 spiro atoms. The molecule has 0 unspecified atom stereocenters. The van der Waals surface area contributed by atoms with Gasteiger partial charge < -0.3 is 10.8 Å². The van der Waals surface area contributed by atoms with Gasteiger partial charge in [0.2, 0.25) is 5.03 Å². The summed E-state index contributed by atoms with van der Waals surface area (Å²) in [7, 11) is -4.35. The predicted molar refractivity (Wildman–Crippen MR) is 86.8 cm³/mol. The first-order chi connectivity index (χ1) is 11.4. The van der Waals surface area contributed by atoms with Crippen LogP contribution in [-0.2, 0) is 14.3 Å². The van der Waals surface area contributed by atoms with Crippen molar-refractivity contribution in [2.45, 2.75) is 23.6 Å². The fraction of sp³-hybridized carbons (Fsp3) is 0.308. The summed E-state index contributed by atoms with van der Waals surface area (Å²) in [6, 6.07) is 2.23. The molecule has 0 aliphatic rings. The lowest BCUT2D eigenvalue weighted by Crippen LogP contribution is -2.28. The smallest absolute Gasteiger partial charge is 0.316 e. The van der Waals surface area contributed by atoms with E-state index in [-0.39, 0.29) is 23.6 Å². The lowest BCUT2D eigenvalue weighted by atomic mass is 10.1. The van der Waals surface area contributed by atoms with Crippen LogP contribution in [0.4, 0.5) is 0 Å². The molecule has 0 aromatic carbocycles. The number of hydrogen-bond donors (Lipinski definition) is 2. The van der Waals surface area contributed by atoms with Crippen molar-refractivity contribution in [1.82, 2.24) is 9.97 Å². The van der Waals surface area contributed by atoms with Gasteiger partial charge in [-0.1, -0.05) is 11.6 Å². The Morgan fingerprint density at radius 2 is 2.25 bits per heavy atom. The van der Waals surface area contributed by atoms with Crippen LogP contribution in [0.2, 0.25) is 5.02 Å². The highest BCUT2D eigenvalue weighted by Gasteiger charge is 2.29. The number of halogens is 1. The van der Waals surface area contributed by atoms with E-state index >= 15 is 0 Å². The molecule has 2 atom stereocenters. The summed E-state index contributed by atoms with van der Waals surface area (Å²) in [6.07, 6.45) is 1.66. The molecular formula is C13H13ClN4O4S2. The molecule has 2 rings (SSSR count). The highest BCUT2D eigenvalue weighted by atomic mass is 35.5. The second-order valence-corrected chi connectivity index (χ2v) is 7.58. The van der Waals surface area contributed by atoms with Crippen molar-refractivity contribution in [3.8, 4) is 6.07 Å². The lowest BCUT2D eigenvalue weighted by molar-refractivity contribution is 0.170. The number of nitriles is 1. The zero-order valence-electron chi connectivity index (χ0n) is 12.2. The standard InChI is InChI=1S/C13H13ClN4O4S2/c14-9-1-8(3-15)13(18-4-9)24(20,21)22-11(2-10(16)6-19)12-5-17-7-23-12/h1,4-5,7,10-11,19H,2,6,16H2/t10-,11+/m0/s1. The van der Waals surface area contributed by atoms with Crippen LogP contribution in [-0.4, -0.2) is 36.1 Å². The van der Waals surface area contributed by atoms with Crippen molar-refractivity contribution in [2.24, 2.45) is 5.73 Å². The minimum atomic E-state index is -4.35. The molecule has 0 aliphatic carbocycles. The molecule has 0 amide bonds. The van der Waals surface area contributed by atoms with Crippen molar-refractivity contribution < 1.29 is 17.7 Å². The number of nitrogens with two attached hydrogens (primary N) is 1. The highest BCUT2D eigenvalue weighted by molar-refractivity contribution is 7.86. The normalized spacial score (nSPS) is 14.1. The Hall–Kier alpha value is -1.61. The number of hydrogen-bond acceptors (Lipinski definition) is 9. The van der Waals surface area contributed by atoms with Gasteiger partial charge in [-0.2, -0.15) is 13.7 Å². The van der Waals surface area contributed by atoms with Crippen molar-refractivity contribution in [1.29, 1.82) is 5.26 Å². The van der Waals surface area contributed by atoms with Crippen molar-refractivity contribution in [2.75, 3.05) is 6.61 Å². The van der Waals surface area contributed by atoms with Crippen LogP contribution in [0.3, 0.4) is 0 Å². The van der Waals surface area contributed by atoms with Crippen LogP contribution < -0.4 is 5.73 Å². The van der Waals surface area contributed by atoms with Crippen molar-refractivity contribution in [3.05, 3.63) is 39.4 Å². The molecule has 11 heteroatoms. The van der Waals surface area contributed by atoms with Gasteiger partial charge in [0.25, 0.3) is 0 Å². The molecule has 0 saturated carbocycles. The fourth-order valence-electron chi connectivity index (χ4n) is 1.84. The third-order valence-electron chi connectivity index (χ3n) is 2.94. The summed E-state index contributed by atoms with van der Waals surface area (Å²) in [5.41, 5.74) is 6.98. The van der Waals surface area contributed by atoms with E-state index in [4.69, 9.17) is 31.9 Å². The Kier molecular flexibility index (Phi) is 6.22. The molecular weight excluding hydrogens is 376 g/mol. The second-order valence-electron chi connectivity index (χ2n) is 4.74. The van der Waals surface area contributed by atoms with Gasteiger partial charge in [-0.3, -0.25) is 9.17 Å². The molecule has 128 valence electrons. The molecule has 0 aliphatic heterocycles. The largest absolute Gasteiger partial charge is 0.395 e. The van der Waals surface area contributed by atoms with E-state index in [1.54, 1.807) is 6.07 Å². The Balaban J connectivity index is 2.36. The summed E-state index contributed by atoms with van der Waals surface area (Å²) in [6.45, 7) is -0.332. The van der Waals surface area contributed by atoms with Gasteiger partial charge >= 0.3 is 10.1 Å². The zero-order chi connectivity index (χ0) is 17.7. The van der Waals surface area contributed by atoms with Crippen molar-refractivity contribution in [3.63, 3.8) is 0 Å². The number of pyridine rings is 1. The van der Waals surface area contributed by atoms with Crippen LogP contribution in [0.15, 0.2) is 29.0 Å². The van der Waals surface area contributed by atoms with E-state index in [0.29, 0.717) is 4.88 Å². The van der Waals surface area contributed by atoms with Gasteiger partial charge in [0.15, 0.2) is 0 Å². The SMILES string of the molecule is N#Cc1cc(Cl)cnc1S(=O)(=O)O[C@H](C[C@H](N)CO)c1cncs1. The molecule has 0 radical (unpaired) electrons. The number of nitrogens with zero attached hydrogens (tertiary/aromatic N) is 3. The number of aliphatic hydroxyl groups excluding tert-OH is 1. The first-order valence-electron chi connectivity index (χ1n) is 6.61. The Morgan fingerprint density at radius 1 is 1.50 bits per heavy atom. The van der Waals surface area contributed by atoms with Gasteiger partial charge in [0.05, 0.1) is 27.6 Å². The van der Waals surface area contributed by atoms with E-state index < -0.39 is 27.3 Å². The molecule has 0 saturated heterocycles. The average molecular weight is 389 g/mol. The average Bonchev–Trinajstić information content (AvgIpc) is 3.07. The van der Waals surface area contributed by atoms with Crippen molar-refractivity contribution >= 4 is 33.1 Å². The molecule has 2 aromatic rings. The van der Waals surface area contributed by atoms with Gasteiger partial charge in [0, 0.05) is 18.4 Å². The monoisotopic (exact) mass is 388 g/mol. The summed E-state index contributed by atoms with van der Waals surface area (Å²) in [5, 5.41) is 17.8. The number of thiazole rings is 1. The second kappa shape index (κ2) is 7.98. The minimum Gasteiger partial charge on any atom is -0.395 e. The number of aromatic nitrogens is 2. The zero-order valence-corrected chi connectivity index (χ0v) is 14.6. The fourth-order valence-corrected chi connectivity index (χ4v) is 3.86. The van der Waals surface area contributed by atoms with Crippen LogP contribution >= 0.6 is 22.9 Å². The summed E-state index contributed by atoms with van der Waals surface area (Å²) < 4.78 is 30.2. The number of rotatable bonds is 7. The first kappa shape index (κ1) is 18.7. The highest BCUT2D eigenvalue weighted by Crippen LogP contribution is 2.30. The van der Waals surface area contributed by atoms with Gasteiger partial charge in [-0.05, 0) is 12.5 Å². The van der Waals surface area contributed by atoms with Gasteiger partial charge in [-0.25, -0.2) is 4.98 Å². The maximum absolute atomic E-state index is 12.5. The Labute approximate surface area is 147 Å². The van der Waals surface area contributed by atoms with Crippen LogP contribution in [0, 0.1) is 11.3 Å². The third kappa shape index (κ3) is 4.47. The molecule has 2 aromatic heterocycles. The Bertz CT molecular complexity index is 836. The van der Waals surface area contributed by atoms with Crippen LogP contribution in [0.1, 0.15) is 23.0 Å².